The number of aromatic nitrogens is 2. The highest BCUT2D eigenvalue weighted by Crippen LogP contribution is 2.14. The average Bonchev–Trinajstić information content (AvgIpc) is 2.78. The van der Waals surface area contributed by atoms with Gasteiger partial charge in [0.15, 0.2) is 0 Å². The van der Waals surface area contributed by atoms with Gasteiger partial charge < -0.3 is 9.30 Å². The van der Waals surface area contributed by atoms with E-state index in [9.17, 15) is 8.42 Å². The van der Waals surface area contributed by atoms with Crippen molar-refractivity contribution in [2.75, 3.05) is 13.4 Å². The Labute approximate surface area is 106 Å². The Balaban J connectivity index is 2.26. The van der Waals surface area contributed by atoms with Crippen LogP contribution < -0.4 is 4.74 Å². The van der Waals surface area contributed by atoms with Crippen molar-refractivity contribution < 1.29 is 13.2 Å². The van der Waals surface area contributed by atoms with Gasteiger partial charge in [0.25, 0.3) is 0 Å². The molecule has 2 rings (SSSR count). The summed E-state index contributed by atoms with van der Waals surface area (Å²) in [4.78, 5) is 3.87. The summed E-state index contributed by atoms with van der Waals surface area (Å²) >= 11 is 0. The maximum Gasteiger partial charge on any atom is 0.227 e. The summed E-state index contributed by atoms with van der Waals surface area (Å²) in [6, 6.07) is 7.47. The molecule has 0 radical (unpaired) electrons. The third-order valence-electron chi connectivity index (χ3n) is 2.52. The van der Waals surface area contributed by atoms with Gasteiger partial charge >= 0.3 is 0 Å². The minimum absolute atomic E-state index is 0.0818. The Hall–Kier alpha value is -1.82. The Morgan fingerprint density at radius 3 is 2.50 bits per heavy atom. The van der Waals surface area contributed by atoms with E-state index in [2.05, 4.69) is 4.98 Å². The molecule has 0 atom stereocenters. The molecule has 0 aliphatic rings. The van der Waals surface area contributed by atoms with Gasteiger partial charge in [0.2, 0.25) is 15.0 Å². The Kier molecular flexibility index (Phi) is 3.38. The van der Waals surface area contributed by atoms with Crippen LogP contribution in [0.4, 0.5) is 0 Å². The van der Waals surface area contributed by atoms with Gasteiger partial charge in [0.05, 0.1) is 7.11 Å². The van der Waals surface area contributed by atoms with Gasteiger partial charge in [-0.1, -0.05) is 12.1 Å². The van der Waals surface area contributed by atoms with Crippen LogP contribution in [-0.2, 0) is 16.4 Å². The van der Waals surface area contributed by atoms with E-state index in [4.69, 9.17) is 4.74 Å². The Bertz CT molecular complexity index is 630. The highest BCUT2D eigenvalue weighted by atomic mass is 32.2. The molecule has 0 amide bonds. The number of ether oxygens (including phenoxy) is 1. The molecule has 6 heteroatoms. The summed E-state index contributed by atoms with van der Waals surface area (Å²) in [5.41, 5.74) is 0.985. The zero-order valence-corrected chi connectivity index (χ0v) is 11.0. The molecule has 2 aromatic rings. The third kappa shape index (κ3) is 2.70. The maximum atomic E-state index is 11.5. The van der Waals surface area contributed by atoms with E-state index in [1.54, 1.807) is 17.9 Å². The topological polar surface area (TPSA) is 61.2 Å². The van der Waals surface area contributed by atoms with Gasteiger partial charge in [0.1, 0.15) is 5.75 Å². The van der Waals surface area contributed by atoms with Crippen molar-refractivity contribution in [2.45, 2.75) is 11.7 Å². The molecule has 96 valence electrons. The fraction of sp³-hybridized carbons (Fsp3) is 0.250. The minimum atomic E-state index is -3.30. The third-order valence-corrected chi connectivity index (χ3v) is 3.52. The second-order valence-electron chi connectivity index (χ2n) is 3.96. The second kappa shape index (κ2) is 4.81. The van der Waals surface area contributed by atoms with E-state index in [-0.39, 0.29) is 5.16 Å². The molecule has 0 saturated carbocycles. The fourth-order valence-electron chi connectivity index (χ4n) is 1.67. The largest absolute Gasteiger partial charge is 0.497 e. The van der Waals surface area contributed by atoms with Crippen LogP contribution in [0.5, 0.6) is 5.75 Å². The van der Waals surface area contributed by atoms with Crippen molar-refractivity contribution in [1.29, 1.82) is 0 Å². The molecule has 0 bridgehead atoms. The number of benzene rings is 1. The normalized spacial score (nSPS) is 11.4. The molecule has 0 aliphatic carbocycles. The predicted octanol–water partition coefficient (Wildman–Crippen LogP) is 1.34. The standard InChI is InChI=1S/C12H14N2O3S/c1-17-11-5-3-10(4-6-11)9-14-8-7-13-12(14)18(2,15)16/h3-8H,9H2,1-2H3. The lowest BCUT2D eigenvalue weighted by atomic mass is 10.2. The van der Waals surface area contributed by atoms with E-state index in [1.807, 2.05) is 24.3 Å². The van der Waals surface area contributed by atoms with Gasteiger partial charge in [0, 0.05) is 25.2 Å². The van der Waals surface area contributed by atoms with Gasteiger partial charge in [-0.15, -0.1) is 0 Å². The maximum absolute atomic E-state index is 11.5. The SMILES string of the molecule is COc1ccc(Cn2ccnc2S(C)(=O)=O)cc1. The molecule has 0 N–H and O–H groups in total. The Morgan fingerprint density at radius 1 is 1.28 bits per heavy atom. The molecule has 1 heterocycles. The van der Waals surface area contributed by atoms with Crippen molar-refractivity contribution >= 4 is 9.84 Å². The quantitative estimate of drug-likeness (QED) is 0.838. The molecule has 5 nitrogen and oxygen atoms in total. The number of nitrogens with zero attached hydrogens (tertiary/aromatic N) is 2. The molecule has 18 heavy (non-hydrogen) atoms. The van der Waals surface area contributed by atoms with Crippen LogP contribution in [0.15, 0.2) is 41.8 Å². The summed E-state index contributed by atoms with van der Waals surface area (Å²) in [5.74, 6) is 0.771. The van der Waals surface area contributed by atoms with Crippen LogP contribution in [0.25, 0.3) is 0 Å². The van der Waals surface area contributed by atoms with Gasteiger partial charge in [-0.2, -0.15) is 0 Å². The first-order valence-electron chi connectivity index (χ1n) is 5.35. The van der Waals surface area contributed by atoms with Crippen molar-refractivity contribution in [3.63, 3.8) is 0 Å². The summed E-state index contributed by atoms with van der Waals surface area (Å²) in [6.07, 6.45) is 4.29. The monoisotopic (exact) mass is 266 g/mol. The first-order valence-corrected chi connectivity index (χ1v) is 7.24. The molecule has 0 unspecified atom stereocenters. The molecular weight excluding hydrogens is 252 g/mol. The summed E-state index contributed by atoms with van der Waals surface area (Å²) in [7, 11) is -1.69. The first-order chi connectivity index (χ1) is 8.50. The Morgan fingerprint density at radius 2 is 1.94 bits per heavy atom. The van der Waals surface area contributed by atoms with Crippen LogP contribution in [0.2, 0.25) is 0 Å². The number of hydrogen-bond donors (Lipinski definition) is 0. The van der Waals surface area contributed by atoms with Crippen LogP contribution >= 0.6 is 0 Å². The number of hydrogen-bond acceptors (Lipinski definition) is 4. The molecule has 0 saturated heterocycles. The lowest BCUT2D eigenvalue weighted by molar-refractivity contribution is 0.414. The first kappa shape index (κ1) is 12.6. The van der Waals surface area contributed by atoms with Crippen molar-refractivity contribution in [3.05, 3.63) is 42.2 Å². The predicted molar refractivity (Wildman–Crippen MR) is 67.4 cm³/mol. The van der Waals surface area contributed by atoms with Gasteiger partial charge in [-0.3, -0.25) is 0 Å². The molecule has 1 aromatic carbocycles. The minimum Gasteiger partial charge on any atom is -0.497 e. The highest BCUT2D eigenvalue weighted by Gasteiger charge is 2.14. The molecule has 0 aliphatic heterocycles. The number of imidazole rings is 1. The number of rotatable bonds is 4. The van der Waals surface area contributed by atoms with E-state index in [0.29, 0.717) is 6.54 Å². The van der Waals surface area contributed by atoms with E-state index in [1.165, 1.54) is 6.20 Å². The van der Waals surface area contributed by atoms with Crippen molar-refractivity contribution in [1.82, 2.24) is 9.55 Å². The van der Waals surface area contributed by atoms with E-state index < -0.39 is 9.84 Å². The smallest absolute Gasteiger partial charge is 0.227 e. The van der Waals surface area contributed by atoms with Gasteiger partial charge in [-0.05, 0) is 17.7 Å². The summed E-state index contributed by atoms with van der Waals surface area (Å²) in [6.45, 7) is 0.465. The van der Waals surface area contributed by atoms with Crippen LogP contribution in [0.3, 0.4) is 0 Å². The average molecular weight is 266 g/mol. The molecular formula is C12H14N2O3S. The lowest BCUT2D eigenvalue weighted by Gasteiger charge is -2.07. The summed E-state index contributed by atoms with van der Waals surface area (Å²) < 4.78 is 29.7. The molecule has 0 spiro atoms. The zero-order chi connectivity index (χ0) is 13.2. The van der Waals surface area contributed by atoms with Crippen LogP contribution in [0, 0.1) is 0 Å². The molecule has 1 aromatic heterocycles. The van der Waals surface area contributed by atoms with E-state index in [0.717, 1.165) is 17.6 Å². The van der Waals surface area contributed by atoms with Crippen LogP contribution in [0.1, 0.15) is 5.56 Å². The number of sulfone groups is 1. The lowest BCUT2D eigenvalue weighted by Crippen LogP contribution is -2.09. The fourth-order valence-corrected chi connectivity index (χ4v) is 2.48. The van der Waals surface area contributed by atoms with Gasteiger partial charge in [-0.25, -0.2) is 13.4 Å². The second-order valence-corrected chi connectivity index (χ2v) is 5.87. The molecule has 0 fully saturated rings. The highest BCUT2D eigenvalue weighted by molar-refractivity contribution is 7.90. The van der Waals surface area contributed by atoms with E-state index >= 15 is 0 Å². The summed E-state index contributed by atoms with van der Waals surface area (Å²) in [5, 5.41) is 0.0818. The van der Waals surface area contributed by atoms with Crippen molar-refractivity contribution in [3.8, 4) is 5.75 Å². The number of methoxy groups -OCH3 is 1. The van der Waals surface area contributed by atoms with Crippen LogP contribution in [-0.4, -0.2) is 31.3 Å². The zero-order valence-electron chi connectivity index (χ0n) is 10.2. The van der Waals surface area contributed by atoms with Crippen molar-refractivity contribution in [2.24, 2.45) is 0 Å².